The van der Waals surface area contributed by atoms with Gasteiger partial charge in [0.15, 0.2) is 12.6 Å². The van der Waals surface area contributed by atoms with Crippen LogP contribution in [0.15, 0.2) is 42.5 Å². The molecule has 172 valence electrons. The number of carbonyl (C=O) groups excluding carboxylic acids is 2. The molecular weight excluding hydrogens is 484 g/mol. The van der Waals surface area contributed by atoms with Gasteiger partial charge in [-0.25, -0.2) is 0 Å². The van der Waals surface area contributed by atoms with E-state index in [9.17, 15) is 19.0 Å². The first kappa shape index (κ1) is 28.0. The van der Waals surface area contributed by atoms with Gasteiger partial charge in [0.25, 0.3) is 13.7 Å². The summed E-state index contributed by atoms with van der Waals surface area (Å²) in [6.07, 6.45) is -0.944. The van der Waals surface area contributed by atoms with Crippen molar-refractivity contribution in [3.8, 4) is 5.75 Å². The predicted molar refractivity (Wildman–Crippen MR) is 113 cm³/mol. The van der Waals surface area contributed by atoms with Crippen molar-refractivity contribution in [3.63, 3.8) is 0 Å². The van der Waals surface area contributed by atoms with E-state index >= 15 is 0 Å². The van der Waals surface area contributed by atoms with Crippen molar-refractivity contribution in [2.75, 3.05) is 6.79 Å². The van der Waals surface area contributed by atoms with Crippen LogP contribution in [0.5, 0.6) is 5.75 Å². The molecule has 1 aliphatic rings. The number of hydrogen-bond donors (Lipinski definition) is 2. The Labute approximate surface area is 218 Å². The zero-order valence-electron chi connectivity index (χ0n) is 18.5. The number of amides is 1. The molecule has 1 aliphatic heterocycles. The molecule has 1 unspecified atom stereocenters. The molecule has 2 N–H and O–H groups in total. The number of halogens is 1. The number of rotatable bonds is 7. The first-order valence-electron chi connectivity index (χ1n) is 9.58. The van der Waals surface area contributed by atoms with Crippen LogP contribution in [0, 0.1) is 0 Å². The SMILES string of the molecule is CC(=O)c1ccc2c(c1)[C@H](NC(=O)c1ccc(Cl)cc1)[C@@H](OCOP(=O)([O-])O)C(C)(C)O2.[Na+]. The van der Waals surface area contributed by atoms with E-state index in [2.05, 4.69) is 9.84 Å². The van der Waals surface area contributed by atoms with Crippen LogP contribution < -0.4 is 44.5 Å². The van der Waals surface area contributed by atoms with Gasteiger partial charge in [-0.1, -0.05) is 11.6 Å². The molecule has 0 bridgehead atoms. The molecule has 0 aromatic heterocycles. The van der Waals surface area contributed by atoms with Crippen molar-refractivity contribution in [2.45, 2.75) is 38.5 Å². The number of hydrogen-bond acceptors (Lipinski definition) is 7. The molecule has 1 heterocycles. The molecule has 2 aromatic rings. The number of carbonyl (C=O) groups is 2. The molecular formula is C21H22ClNNaO8P. The summed E-state index contributed by atoms with van der Waals surface area (Å²) in [6, 6.07) is 10.2. The first-order chi connectivity index (χ1) is 14.9. The van der Waals surface area contributed by atoms with Gasteiger partial charge in [-0.3, -0.25) is 18.7 Å². The molecule has 0 aliphatic carbocycles. The summed E-state index contributed by atoms with van der Waals surface area (Å²) in [5.41, 5.74) is 0.150. The topological polar surface area (TPSA) is 134 Å². The third-order valence-corrected chi connectivity index (χ3v) is 5.65. The minimum atomic E-state index is -5.02. The first-order valence-corrected chi connectivity index (χ1v) is 11.4. The van der Waals surface area contributed by atoms with Gasteiger partial charge in [-0.05, 0) is 63.2 Å². The van der Waals surface area contributed by atoms with Crippen LogP contribution >= 0.6 is 19.4 Å². The van der Waals surface area contributed by atoms with Gasteiger partial charge < -0.3 is 24.6 Å². The van der Waals surface area contributed by atoms with E-state index in [0.717, 1.165) is 0 Å². The third kappa shape index (κ3) is 7.11. The zero-order valence-corrected chi connectivity index (χ0v) is 22.2. The fourth-order valence-electron chi connectivity index (χ4n) is 3.46. The Morgan fingerprint density at radius 1 is 1.21 bits per heavy atom. The molecule has 9 nitrogen and oxygen atoms in total. The number of fused-ring (bicyclic) bond motifs is 1. The van der Waals surface area contributed by atoms with Gasteiger partial charge in [-0.2, -0.15) is 0 Å². The van der Waals surface area contributed by atoms with Gasteiger partial charge >= 0.3 is 29.6 Å². The Balaban J connectivity index is 0.00000385. The summed E-state index contributed by atoms with van der Waals surface area (Å²) >= 11 is 5.89. The summed E-state index contributed by atoms with van der Waals surface area (Å²) in [7, 11) is -5.02. The van der Waals surface area contributed by atoms with Gasteiger partial charge in [-0.15, -0.1) is 0 Å². The monoisotopic (exact) mass is 505 g/mol. The fraction of sp³-hybridized carbons (Fsp3) is 0.333. The molecule has 0 saturated carbocycles. The Hall–Kier alpha value is -1.26. The average Bonchev–Trinajstić information content (AvgIpc) is 2.68. The van der Waals surface area contributed by atoms with E-state index in [4.69, 9.17) is 26.0 Å². The molecule has 0 spiro atoms. The average molecular weight is 506 g/mol. The maximum Gasteiger partial charge on any atom is 1.00 e. The second kappa shape index (κ2) is 11.0. The second-order valence-corrected chi connectivity index (χ2v) is 9.41. The Morgan fingerprint density at radius 3 is 2.39 bits per heavy atom. The van der Waals surface area contributed by atoms with E-state index in [1.165, 1.54) is 6.92 Å². The molecule has 0 radical (unpaired) electrons. The summed E-state index contributed by atoms with van der Waals surface area (Å²) < 4.78 is 26.9. The number of nitrogens with one attached hydrogen (secondary N) is 1. The van der Waals surface area contributed by atoms with E-state index < -0.39 is 38.3 Å². The second-order valence-electron chi connectivity index (χ2n) is 7.78. The number of benzene rings is 2. The van der Waals surface area contributed by atoms with E-state index in [0.29, 0.717) is 27.5 Å². The minimum absolute atomic E-state index is 0. The number of ketones is 1. The Bertz CT molecular complexity index is 1070. The zero-order chi connectivity index (χ0) is 23.7. The largest absolute Gasteiger partial charge is 1.00 e. The van der Waals surface area contributed by atoms with Gasteiger partial charge in [0, 0.05) is 21.7 Å². The van der Waals surface area contributed by atoms with Crippen LogP contribution in [-0.4, -0.2) is 35.1 Å². The molecule has 2 aromatic carbocycles. The smallest absolute Gasteiger partial charge is 0.756 e. The number of phosphoric acid groups is 1. The van der Waals surface area contributed by atoms with Gasteiger partial charge in [0.05, 0.1) is 6.04 Å². The van der Waals surface area contributed by atoms with Crippen LogP contribution in [0.2, 0.25) is 5.02 Å². The van der Waals surface area contributed by atoms with Crippen LogP contribution in [0.4, 0.5) is 0 Å². The third-order valence-electron chi connectivity index (χ3n) is 4.97. The van der Waals surface area contributed by atoms with Crippen molar-refractivity contribution in [2.24, 2.45) is 0 Å². The molecule has 3 rings (SSSR count). The maximum atomic E-state index is 13.0. The van der Waals surface area contributed by atoms with Crippen LogP contribution in [-0.2, 0) is 13.8 Å². The quantitative estimate of drug-likeness (QED) is 0.233. The van der Waals surface area contributed by atoms with Crippen LogP contribution in [0.1, 0.15) is 53.1 Å². The standard InChI is InChI=1S/C21H23ClNO8P.Na/c1-12(24)14-6-9-17-16(10-14)18(23-20(25)13-4-7-15(22)8-5-13)19(21(2,3)31-17)29-11-30-32(26,27)28;/h4-10,18-19H,11H2,1-3H3,(H,23,25)(H2,26,27,28);/q;+1/p-1/t18-,19+;/m0./s1. The van der Waals surface area contributed by atoms with Crippen molar-refractivity contribution < 1.29 is 67.5 Å². The molecule has 3 atom stereocenters. The molecule has 12 heteroatoms. The van der Waals surface area contributed by atoms with Crippen molar-refractivity contribution >= 4 is 31.1 Å². The van der Waals surface area contributed by atoms with E-state index in [1.807, 2.05) is 0 Å². The summed E-state index contributed by atoms with van der Waals surface area (Å²) in [6.45, 7) is 3.99. The number of ether oxygens (including phenoxy) is 2. The normalized spacial score (nSPS) is 20.4. The van der Waals surface area contributed by atoms with Gasteiger partial charge in [0.2, 0.25) is 0 Å². The van der Waals surface area contributed by atoms with Crippen LogP contribution in [0.25, 0.3) is 0 Å². The molecule has 33 heavy (non-hydrogen) atoms. The van der Waals surface area contributed by atoms with E-state index in [-0.39, 0.29) is 35.3 Å². The minimum Gasteiger partial charge on any atom is -0.756 e. The summed E-state index contributed by atoms with van der Waals surface area (Å²) in [5, 5.41) is 3.33. The van der Waals surface area contributed by atoms with Crippen LogP contribution in [0.3, 0.4) is 0 Å². The van der Waals surface area contributed by atoms with Crippen molar-refractivity contribution in [3.05, 3.63) is 64.2 Å². The van der Waals surface area contributed by atoms with Crippen molar-refractivity contribution in [1.29, 1.82) is 0 Å². The molecule has 0 saturated heterocycles. The summed E-state index contributed by atoms with van der Waals surface area (Å²) in [4.78, 5) is 44.7. The maximum absolute atomic E-state index is 13.0. The van der Waals surface area contributed by atoms with E-state index in [1.54, 1.807) is 56.3 Å². The number of Topliss-reactive ketones (excluding diaryl/α,β-unsaturated/α-hetero) is 1. The molecule has 0 fully saturated rings. The Kier molecular flexibility index (Phi) is 9.32. The van der Waals surface area contributed by atoms with Crippen molar-refractivity contribution in [1.82, 2.24) is 5.32 Å². The fourth-order valence-corrected chi connectivity index (χ4v) is 3.78. The van der Waals surface area contributed by atoms with Gasteiger partial charge in [0.1, 0.15) is 17.5 Å². The Morgan fingerprint density at radius 2 is 1.82 bits per heavy atom. The predicted octanol–water partition coefficient (Wildman–Crippen LogP) is 0.00870. The molecule has 1 amide bonds. The summed E-state index contributed by atoms with van der Waals surface area (Å²) in [5.74, 6) is -0.206. The number of phosphoric ester groups is 1.